The topological polar surface area (TPSA) is 52.3 Å². The number of nitrogen functional groups attached to an aromatic ring is 1. The predicted octanol–water partition coefficient (Wildman–Crippen LogP) is 4.07. The molecule has 2 N–H and O–H groups in total. The molecule has 0 fully saturated rings. The molecule has 106 valence electrons. The van der Waals surface area contributed by atoms with Gasteiger partial charge in [-0.2, -0.15) is 0 Å². The highest BCUT2D eigenvalue weighted by atomic mass is 16.5. The zero-order chi connectivity index (χ0) is 14.3. The first-order valence-corrected chi connectivity index (χ1v) is 7.09. The molecular formula is C16H25NO2. The Labute approximate surface area is 116 Å². The van der Waals surface area contributed by atoms with Crippen LogP contribution >= 0.6 is 0 Å². The number of carbonyl (C=O) groups excluding carboxylic acids is 1. The fourth-order valence-corrected chi connectivity index (χ4v) is 2.22. The van der Waals surface area contributed by atoms with Gasteiger partial charge in [-0.15, -0.1) is 0 Å². The summed E-state index contributed by atoms with van der Waals surface area (Å²) >= 11 is 0. The Morgan fingerprint density at radius 2 is 2.11 bits per heavy atom. The highest BCUT2D eigenvalue weighted by Crippen LogP contribution is 2.24. The van der Waals surface area contributed by atoms with Gasteiger partial charge >= 0.3 is 0 Å². The lowest BCUT2D eigenvalue weighted by atomic mass is 9.91. The summed E-state index contributed by atoms with van der Waals surface area (Å²) < 4.78 is 5.15. The Bertz CT molecular complexity index is 415. The zero-order valence-corrected chi connectivity index (χ0v) is 12.2. The van der Waals surface area contributed by atoms with Crippen molar-refractivity contribution < 1.29 is 9.53 Å². The average molecular weight is 263 g/mol. The predicted molar refractivity (Wildman–Crippen MR) is 79.7 cm³/mol. The molecule has 1 atom stereocenters. The monoisotopic (exact) mass is 263 g/mol. The molecule has 1 aromatic rings. The van der Waals surface area contributed by atoms with Gasteiger partial charge in [0.2, 0.25) is 0 Å². The summed E-state index contributed by atoms with van der Waals surface area (Å²) in [5.74, 6) is 1.26. The maximum absolute atomic E-state index is 12.3. The minimum atomic E-state index is 0.124. The van der Waals surface area contributed by atoms with Crippen LogP contribution in [-0.2, 0) is 0 Å². The van der Waals surface area contributed by atoms with E-state index in [1.165, 1.54) is 12.8 Å². The van der Waals surface area contributed by atoms with Gasteiger partial charge in [0.1, 0.15) is 5.75 Å². The molecule has 0 amide bonds. The molecule has 1 aromatic carbocycles. The van der Waals surface area contributed by atoms with Crippen LogP contribution in [-0.4, -0.2) is 12.9 Å². The first kappa shape index (κ1) is 15.5. The van der Waals surface area contributed by atoms with Gasteiger partial charge in [-0.25, -0.2) is 0 Å². The zero-order valence-electron chi connectivity index (χ0n) is 12.2. The first-order chi connectivity index (χ1) is 9.12. The van der Waals surface area contributed by atoms with Gasteiger partial charge in [0.25, 0.3) is 0 Å². The molecule has 1 unspecified atom stereocenters. The van der Waals surface area contributed by atoms with Crippen LogP contribution in [0.15, 0.2) is 18.2 Å². The van der Waals surface area contributed by atoms with E-state index >= 15 is 0 Å². The average Bonchev–Trinajstić information content (AvgIpc) is 2.43. The van der Waals surface area contributed by atoms with E-state index in [1.54, 1.807) is 25.3 Å². The summed E-state index contributed by atoms with van der Waals surface area (Å²) in [7, 11) is 1.59. The van der Waals surface area contributed by atoms with E-state index in [1.807, 2.05) is 0 Å². The lowest BCUT2D eigenvalue weighted by Crippen LogP contribution is -2.10. The van der Waals surface area contributed by atoms with Gasteiger partial charge in [-0.3, -0.25) is 4.79 Å². The highest BCUT2D eigenvalue weighted by molar-refractivity contribution is 6.01. The Hall–Kier alpha value is -1.51. The summed E-state index contributed by atoms with van der Waals surface area (Å²) in [6.07, 6.45) is 5.08. The fraction of sp³-hybridized carbons (Fsp3) is 0.562. The molecule has 0 aliphatic carbocycles. The first-order valence-electron chi connectivity index (χ1n) is 7.09. The lowest BCUT2D eigenvalue weighted by molar-refractivity contribution is 0.0957. The minimum Gasteiger partial charge on any atom is -0.497 e. The maximum atomic E-state index is 12.3. The Kier molecular flexibility index (Phi) is 6.40. The number of methoxy groups -OCH3 is 1. The van der Waals surface area contributed by atoms with Crippen molar-refractivity contribution in [2.24, 2.45) is 5.92 Å². The summed E-state index contributed by atoms with van der Waals surface area (Å²) in [6, 6.07) is 5.25. The molecule has 0 aliphatic rings. The number of ketones is 1. The summed E-state index contributed by atoms with van der Waals surface area (Å²) in [5.41, 5.74) is 7.02. The van der Waals surface area contributed by atoms with Crippen LogP contribution in [0.3, 0.4) is 0 Å². The third-order valence-corrected chi connectivity index (χ3v) is 3.58. The largest absolute Gasteiger partial charge is 0.497 e. The van der Waals surface area contributed by atoms with Gasteiger partial charge in [0.15, 0.2) is 5.78 Å². The smallest absolute Gasteiger partial charge is 0.165 e. The number of anilines is 1. The summed E-state index contributed by atoms with van der Waals surface area (Å²) in [6.45, 7) is 4.32. The van der Waals surface area contributed by atoms with E-state index in [9.17, 15) is 4.79 Å². The molecule has 0 radical (unpaired) electrons. The van der Waals surface area contributed by atoms with Crippen molar-refractivity contribution in [3.8, 4) is 5.75 Å². The Morgan fingerprint density at radius 1 is 1.37 bits per heavy atom. The summed E-state index contributed by atoms with van der Waals surface area (Å²) in [5, 5.41) is 0. The third-order valence-electron chi connectivity index (χ3n) is 3.58. The number of Topliss-reactive ketones (excluding diaryl/α,β-unsaturated/α-hetero) is 1. The van der Waals surface area contributed by atoms with Crippen molar-refractivity contribution in [3.63, 3.8) is 0 Å². The van der Waals surface area contributed by atoms with Crippen LogP contribution in [0.2, 0.25) is 0 Å². The summed E-state index contributed by atoms with van der Waals surface area (Å²) in [4.78, 5) is 12.3. The van der Waals surface area contributed by atoms with E-state index < -0.39 is 0 Å². The van der Waals surface area contributed by atoms with E-state index in [-0.39, 0.29) is 5.78 Å². The normalized spacial score (nSPS) is 12.2. The number of benzene rings is 1. The molecule has 0 saturated heterocycles. The number of ether oxygens (including phenoxy) is 1. The maximum Gasteiger partial charge on any atom is 0.165 e. The van der Waals surface area contributed by atoms with Crippen molar-refractivity contribution in [1.29, 1.82) is 0 Å². The number of unbranched alkanes of at least 4 members (excludes halogenated alkanes) is 1. The second kappa shape index (κ2) is 7.82. The molecule has 0 aliphatic heterocycles. The molecule has 0 heterocycles. The van der Waals surface area contributed by atoms with Crippen LogP contribution in [0, 0.1) is 5.92 Å². The Balaban J connectivity index is 2.76. The Morgan fingerprint density at radius 3 is 2.68 bits per heavy atom. The molecule has 3 heteroatoms. The van der Waals surface area contributed by atoms with Crippen molar-refractivity contribution in [2.75, 3.05) is 12.8 Å². The van der Waals surface area contributed by atoms with Crippen molar-refractivity contribution >= 4 is 11.5 Å². The van der Waals surface area contributed by atoms with Crippen molar-refractivity contribution in [3.05, 3.63) is 23.8 Å². The number of hydrogen-bond donors (Lipinski definition) is 1. The van der Waals surface area contributed by atoms with Crippen LogP contribution in [0.5, 0.6) is 5.75 Å². The van der Waals surface area contributed by atoms with Crippen LogP contribution < -0.4 is 10.5 Å². The number of carbonyl (C=O) groups is 1. The molecule has 3 nitrogen and oxygen atoms in total. The van der Waals surface area contributed by atoms with E-state index in [2.05, 4.69) is 13.8 Å². The van der Waals surface area contributed by atoms with Gasteiger partial charge in [0, 0.05) is 17.7 Å². The minimum absolute atomic E-state index is 0.124. The van der Waals surface area contributed by atoms with Crippen molar-refractivity contribution in [1.82, 2.24) is 0 Å². The van der Waals surface area contributed by atoms with Gasteiger partial charge in [0.05, 0.1) is 7.11 Å². The molecule has 1 rings (SSSR count). The highest BCUT2D eigenvalue weighted by Gasteiger charge is 2.16. The quantitative estimate of drug-likeness (QED) is 0.568. The lowest BCUT2D eigenvalue weighted by Gasteiger charge is -2.14. The second-order valence-corrected chi connectivity index (χ2v) is 5.00. The fourth-order valence-electron chi connectivity index (χ4n) is 2.22. The molecule has 0 spiro atoms. The molecule has 0 bridgehead atoms. The third kappa shape index (κ3) is 4.58. The van der Waals surface area contributed by atoms with Gasteiger partial charge in [-0.05, 0) is 24.1 Å². The second-order valence-electron chi connectivity index (χ2n) is 5.00. The van der Waals surface area contributed by atoms with E-state index in [0.29, 0.717) is 29.3 Å². The molecule has 0 aromatic heterocycles. The van der Waals surface area contributed by atoms with Crippen molar-refractivity contribution in [2.45, 2.75) is 46.0 Å². The number of nitrogens with two attached hydrogens (primary N) is 1. The van der Waals surface area contributed by atoms with Gasteiger partial charge in [-0.1, -0.05) is 39.5 Å². The molecule has 0 saturated carbocycles. The van der Waals surface area contributed by atoms with Gasteiger partial charge < -0.3 is 10.5 Å². The standard InChI is InChI=1S/C16H25NO2/c1-4-6-7-12(5-2)10-16(18)14-11-13(19-3)8-9-15(14)17/h8-9,11-12H,4-7,10,17H2,1-3H3. The molecular weight excluding hydrogens is 238 g/mol. The SMILES string of the molecule is CCCCC(CC)CC(=O)c1cc(OC)ccc1N. The van der Waals surface area contributed by atoms with E-state index in [0.717, 1.165) is 12.8 Å². The van der Waals surface area contributed by atoms with Crippen LogP contribution in [0.25, 0.3) is 0 Å². The van der Waals surface area contributed by atoms with Crippen LogP contribution in [0.4, 0.5) is 5.69 Å². The molecule has 19 heavy (non-hydrogen) atoms. The van der Waals surface area contributed by atoms with Crippen LogP contribution in [0.1, 0.15) is 56.3 Å². The number of rotatable bonds is 8. The van der Waals surface area contributed by atoms with E-state index in [4.69, 9.17) is 10.5 Å². The number of hydrogen-bond acceptors (Lipinski definition) is 3.